The lowest BCUT2D eigenvalue weighted by Gasteiger charge is -2.12. The number of hydrogen-bond donors (Lipinski definition) is 1. The number of halogens is 1. The Bertz CT molecular complexity index is 1120. The summed E-state index contributed by atoms with van der Waals surface area (Å²) in [6.45, 7) is 0.280. The molecule has 0 atom stereocenters. The molecule has 7 heteroatoms. The van der Waals surface area contributed by atoms with Gasteiger partial charge in [0.25, 0.3) is 5.91 Å². The summed E-state index contributed by atoms with van der Waals surface area (Å²) < 4.78 is 14.2. The first-order chi connectivity index (χ1) is 14.1. The summed E-state index contributed by atoms with van der Waals surface area (Å²) in [4.78, 5) is 17.0. The van der Waals surface area contributed by atoms with E-state index in [1.165, 1.54) is 0 Å². The smallest absolute Gasteiger partial charge is 0.255 e. The largest absolute Gasteiger partial charge is 0.493 e. The number of pyridine rings is 1. The minimum atomic E-state index is -0.200. The second kappa shape index (κ2) is 8.36. The number of methoxy groups -OCH3 is 1. The topological polar surface area (TPSA) is 64.9 Å². The molecule has 0 bridgehead atoms. The standard InChI is InChI=1S/C22H18BrN3O3/c1-28-19-10-9-17(25-22(27)15-5-7-16(23)8-6-15)12-20(19)29-14-18-13-26-11-3-2-4-21(26)24-18/h2-13H,14H2,1H3,(H,25,27). The van der Waals surface area contributed by atoms with Crippen LogP contribution in [0.4, 0.5) is 5.69 Å². The van der Waals surface area contributed by atoms with Crippen LogP contribution in [0, 0.1) is 0 Å². The van der Waals surface area contributed by atoms with Crippen molar-refractivity contribution in [3.63, 3.8) is 0 Å². The molecule has 0 unspecified atom stereocenters. The normalized spacial score (nSPS) is 10.7. The number of aromatic nitrogens is 2. The zero-order valence-corrected chi connectivity index (χ0v) is 17.2. The van der Waals surface area contributed by atoms with Gasteiger partial charge in [-0.2, -0.15) is 0 Å². The summed E-state index contributed by atoms with van der Waals surface area (Å²) in [7, 11) is 1.58. The Balaban J connectivity index is 1.50. The van der Waals surface area contributed by atoms with Crippen molar-refractivity contribution in [3.8, 4) is 11.5 Å². The third-order valence-corrected chi connectivity index (χ3v) is 4.85. The van der Waals surface area contributed by atoms with Gasteiger partial charge in [-0.15, -0.1) is 0 Å². The lowest BCUT2D eigenvalue weighted by molar-refractivity contribution is 0.102. The van der Waals surface area contributed by atoms with Gasteiger partial charge in [-0.25, -0.2) is 4.98 Å². The van der Waals surface area contributed by atoms with E-state index in [1.807, 2.05) is 47.1 Å². The Morgan fingerprint density at radius 3 is 2.69 bits per heavy atom. The number of hydrogen-bond acceptors (Lipinski definition) is 4. The predicted octanol–water partition coefficient (Wildman–Crippen LogP) is 4.94. The highest BCUT2D eigenvalue weighted by molar-refractivity contribution is 9.10. The highest BCUT2D eigenvalue weighted by atomic mass is 79.9. The first-order valence-electron chi connectivity index (χ1n) is 8.93. The summed E-state index contributed by atoms with van der Waals surface area (Å²) >= 11 is 3.37. The maximum atomic E-state index is 12.5. The van der Waals surface area contributed by atoms with E-state index in [2.05, 4.69) is 26.2 Å². The zero-order chi connectivity index (χ0) is 20.2. The summed E-state index contributed by atoms with van der Waals surface area (Å²) in [5.74, 6) is 0.905. The van der Waals surface area contributed by atoms with Crippen molar-refractivity contribution in [1.82, 2.24) is 9.38 Å². The molecule has 0 saturated heterocycles. The quantitative estimate of drug-likeness (QED) is 0.450. The van der Waals surface area contributed by atoms with E-state index >= 15 is 0 Å². The number of fused-ring (bicyclic) bond motifs is 1. The van der Waals surface area contributed by atoms with Crippen LogP contribution in [-0.2, 0) is 6.61 Å². The highest BCUT2D eigenvalue weighted by Crippen LogP contribution is 2.31. The zero-order valence-electron chi connectivity index (χ0n) is 15.6. The molecule has 29 heavy (non-hydrogen) atoms. The molecular weight excluding hydrogens is 434 g/mol. The van der Waals surface area contributed by atoms with Crippen LogP contribution < -0.4 is 14.8 Å². The summed E-state index contributed by atoms with van der Waals surface area (Å²) in [5, 5.41) is 2.88. The van der Waals surface area contributed by atoms with Gasteiger partial charge in [-0.1, -0.05) is 22.0 Å². The summed E-state index contributed by atoms with van der Waals surface area (Å²) in [6, 6.07) is 18.2. The lowest BCUT2D eigenvalue weighted by atomic mass is 10.2. The van der Waals surface area contributed by atoms with Gasteiger partial charge in [-0.05, 0) is 48.5 Å². The van der Waals surface area contributed by atoms with Gasteiger partial charge >= 0.3 is 0 Å². The maximum absolute atomic E-state index is 12.5. The number of ether oxygens (including phenoxy) is 2. The second-order valence-corrected chi connectivity index (χ2v) is 7.23. The van der Waals surface area contributed by atoms with E-state index in [0.29, 0.717) is 22.7 Å². The van der Waals surface area contributed by atoms with Crippen molar-refractivity contribution in [2.75, 3.05) is 12.4 Å². The van der Waals surface area contributed by atoms with Crippen LogP contribution >= 0.6 is 15.9 Å². The minimum Gasteiger partial charge on any atom is -0.493 e. The fourth-order valence-electron chi connectivity index (χ4n) is 2.88. The Morgan fingerprint density at radius 1 is 1.10 bits per heavy atom. The number of carbonyl (C=O) groups excluding carboxylic acids is 1. The minimum absolute atomic E-state index is 0.200. The van der Waals surface area contributed by atoms with Gasteiger partial charge in [0.15, 0.2) is 11.5 Å². The number of amides is 1. The third-order valence-electron chi connectivity index (χ3n) is 4.32. The van der Waals surface area contributed by atoms with Gasteiger partial charge in [0.05, 0.1) is 12.8 Å². The van der Waals surface area contributed by atoms with Crippen molar-refractivity contribution < 1.29 is 14.3 Å². The molecule has 4 rings (SSSR count). The van der Waals surface area contributed by atoms with Crippen LogP contribution in [0.1, 0.15) is 16.1 Å². The molecule has 0 spiro atoms. The Labute approximate surface area is 176 Å². The van der Waals surface area contributed by atoms with E-state index in [-0.39, 0.29) is 12.5 Å². The fraction of sp³-hybridized carbons (Fsp3) is 0.0909. The Kier molecular flexibility index (Phi) is 5.48. The average Bonchev–Trinajstić information content (AvgIpc) is 3.16. The molecular formula is C22H18BrN3O3. The Hall–Kier alpha value is -3.32. The van der Waals surface area contributed by atoms with Crippen LogP contribution in [-0.4, -0.2) is 22.4 Å². The van der Waals surface area contributed by atoms with Crippen LogP contribution in [0.15, 0.2) is 77.5 Å². The van der Waals surface area contributed by atoms with Crippen LogP contribution in [0.2, 0.25) is 0 Å². The lowest BCUT2D eigenvalue weighted by Crippen LogP contribution is -2.12. The number of nitrogens with one attached hydrogen (secondary N) is 1. The molecule has 1 amide bonds. The molecule has 0 radical (unpaired) electrons. The molecule has 2 aromatic heterocycles. The van der Waals surface area contributed by atoms with Gasteiger partial charge in [0.1, 0.15) is 12.3 Å². The molecule has 0 aliphatic heterocycles. The van der Waals surface area contributed by atoms with E-state index in [4.69, 9.17) is 9.47 Å². The van der Waals surface area contributed by atoms with Crippen molar-refractivity contribution in [3.05, 3.63) is 88.8 Å². The first kappa shape index (κ1) is 19.0. The predicted molar refractivity (Wildman–Crippen MR) is 115 cm³/mol. The number of carbonyl (C=O) groups is 1. The number of imidazole rings is 1. The van der Waals surface area contributed by atoms with Crippen molar-refractivity contribution >= 4 is 33.2 Å². The van der Waals surface area contributed by atoms with E-state index in [1.54, 1.807) is 37.4 Å². The highest BCUT2D eigenvalue weighted by Gasteiger charge is 2.11. The molecule has 4 aromatic rings. The number of anilines is 1. The molecule has 0 fully saturated rings. The van der Waals surface area contributed by atoms with Crippen molar-refractivity contribution in [1.29, 1.82) is 0 Å². The summed E-state index contributed by atoms with van der Waals surface area (Å²) in [5.41, 5.74) is 2.83. The molecule has 146 valence electrons. The van der Waals surface area contributed by atoms with Crippen LogP contribution in [0.3, 0.4) is 0 Å². The molecule has 1 N–H and O–H groups in total. The van der Waals surface area contributed by atoms with E-state index < -0.39 is 0 Å². The monoisotopic (exact) mass is 451 g/mol. The molecule has 2 aromatic carbocycles. The molecule has 0 aliphatic rings. The molecule has 0 saturated carbocycles. The third kappa shape index (κ3) is 4.41. The van der Waals surface area contributed by atoms with Crippen LogP contribution in [0.5, 0.6) is 11.5 Å². The number of nitrogens with zero attached hydrogens (tertiary/aromatic N) is 2. The fourth-order valence-corrected chi connectivity index (χ4v) is 3.14. The Morgan fingerprint density at radius 2 is 1.93 bits per heavy atom. The van der Waals surface area contributed by atoms with Gasteiger partial charge in [0.2, 0.25) is 0 Å². The SMILES string of the molecule is COc1ccc(NC(=O)c2ccc(Br)cc2)cc1OCc1cn2ccccc2n1. The van der Waals surface area contributed by atoms with Gasteiger partial charge in [0, 0.05) is 34.2 Å². The first-order valence-corrected chi connectivity index (χ1v) is 9.72. The molecule has 0 aliphatic carbocycles. The van der Waals surface area contributed by atoms with Crippen LogP contribution in [0.25, 0.3) is 5.65 Å². The molecule has 2 heterocycles. The summed E-state index contributed by atoms with van der Waals surface area (Å²) in [6.07, 6.45) is 3.85. The number of rotatable bonds is 6. The second-order valence-electron chi connectivity index (χ2n) is 6.31. The number of benzene rings is 2. The van der Waals surface area contributed by atoms with E-state index in [0.717, 1.165) is 15.8 Å². The molecule has 6 nitrogen and oxygen atoms in total. The average molecular weight is 452 g/mol. The van der Waals surface area contributed by atoms with Gasteiger partial charge < -0.3 is 19.2 Å². The maximum Gasteiger partial charge on any atom is 0.255 e. The van der Waals surface area contributed by atoms with Gasteiger partial charge in [-0.3, -0.25) is 4.79 Å². The van der Waals surface area contributed by atoms with E-state index in [9.17, 15) is 4.79 Å². The van der Waals surface area contributed by atoms with Crippen molar-refractivity contribution in [2.45, 2.75) is 6.61 Å². The van der Waals surface area contributed by atoms with Crippen molar-refractivity contribution in [2.24, 2.45) is 0 Å².